The molecule has 0 bridgehead atoms. The van der Waals surface area contributed by atoms with E-state index in [4.69, 9.17) is 4.74 Å². The van der Waals surface area contributed by atoms with Crippen molar-refractivity contribution in [2.24, 2.45) is 0 Å². The molecule has 0 fully saturated rings. The molecule has 0 unspecified atom stereocenters. The largest absolute Gasteiger partial charge is 0.559 e. The monoisotopic (exact) mass is 429 g/mol. The molecule has 0 aliphatic heterocycles. The molecular formula is C20H28N4OY-2. The summed E-state index contributed by atoms with van der Waals surface area (Å²) in [5, 5.41) is 12.7. The number of aromatic nitrogens is 4. The van der Waals surface area contributed by atoms with Crippen molar-refractivity contribution in [2.75, 3.05) is 6.61 Å². The van der Waals surface area contributed by atoms with E-state index in [1.165, 1.54) is 0 Å². The zero-order valence-electron chi connectivity index (χ0n) is 16.2. The first-order valence-electron chi connectivity index (χ1n) is 8.22. The Morgan fingerprint density at radius 3 is 2.42 bits per heavy atom. The van der Waals surface area contributed by atoms with E-state index >= 15 is 0 Å². The summed E-state index contributed by atoms with van der Waals surface area (Å²) in [5.41, 5.74) is 2.10. The summed E-state index contributed by atoms with van der Waals surface area (Å²) in [5.74, 6) is 1.14. The summed E-state index contributed by atoms with van der Waals surface area (Å²) < 4.78 is 7.09. The Bertz CT molecular complexity index is 707. The Hall–Kier alpha value is -1.59. The quantitative estimate of drug-likeness (QED) is 0.274. The van der Waals surface area contributed by atoms with Crippen molar-refractivity contribution < 1.29 is 37.4 Å². The van der Waals surface area contributed by atoms with E-state index in [1.807, 2.05) is 32.9 Å². The molecule has 1 radical (unpaired) electrons. The summed E-state index contributed by atoms with van der Waals surface area (Å²) in [6.07, 6.45) is 7.41. The molecular weight excluding hydrogens is 401 g/mol. The first-order valence-corrected chi connectivity index (χ1v) is 8.22. The third kappa shape index (κ3) is 7.34. The third-order valence-corrected chi connectivity index (χ3v) is 2.85. The minimum absolute atomic E-state index is 0. The molecule has 0 atom stereocenters. The molecule has 0 aliphatic carbocycles. The zero-order chi connectivity index (χ0) is 19.2. The number of unbranched alkanes of at least 4 members (excludes halogenated alkanes) is 1. The van der Waals surface area contributed by atoms with Crippen LogP contribution in [-0.2, 0) is 32.7 Å². The van der Waals surface area contributed by atoms with Crippen molar-refractivity contribution in [1.29, 1.82) is 0 Å². The van der Waals surface area contributed by atoms with E-state index in [1.54, 1.807) is 10.6 Å². The predicted molar refractivity (Wildman–Crippen MR) is 105 cm³/mol. The molecule has 0 saturated heterocycles. The third-order valence-electron chi connectivity index (χ3n) is 2.85. The maximum atomic E-state index is 5.44. The fraction of sp³-hybridized carbons (Fsp3) is 0.300. The molecule has 2 rings (SSSR count). The number of hydrogen-bond acceptors (Lipinski definition) is 4. The zero-order valence-corrected chi connectivity index (χ0v) is 19.0. The average Bonchev–Trinajstić information content (AvgIpc) is 3.06. The molecule has 2 aromatic rings. The summed E-state index contributed by atoms with van der Waals surface area (Å²) in [6, 6.07) is 3.02. The molecule has 0 spiro atoms. The number of allylic oxidation sites excluding steroid dienone is 4. The Balaban J connectivity index is 0. The van der Waals surface area contributed by atoms with E-state index < -0.39 is 0 Å². The number of nitrogens with zero attached hydrogens (tertiary/aromatic N) is 4. The van der Waals surface area contributed by atoms with E-state index in [0.717, 1.165) is 18.4 Å². The van der Waals surface area contributed by atoms with Crippen LogP contribution in [0.4, 0.5) is 0 Å². The van der Waals surface area contributed by atoms with Gasteiger partial charge in [-0.3, -0.25) is 4.52 Å². The van der Waals surface area contributed by atoms with Crippen LogP contribution in [0.1, 0.15) is 38.2 Å². The Labute approximate surface area is 182 Å². The van der Waals surface area contributed by atoms with Crippen LogP contribution in [0.15, 0.2) is 44.5 Å². The van der Waals surface area contributed by atoms with E-state index in [9.17, 15) is 0 Å². The van der Waals surface area contributed by atoms with Crippen LogP contribution in [0.2, 0.25) is 0 Å². The van der Waals surface area contributed by atoms with E-state index in [2.05, 4.69) is 54.6 Å². The average molecular weight is 429 g/mol. The van der Waals surface area contributed by atoms with Crippen molar-refractivity contribution >= 4 is 11.2 Å². The Morgan fingerprint density at radius 1 is 1.23 bits per heavy atom. The first-order chi connectivity index (χ1) is 12.2. The number of ether oxygens (including phenoxy) is 1. The summed E-state index contributed by atoms with van der Waals surface area (Å²) in [6.45, 7) is 23.3. The minimum Gasteiger partial charge on any atom is -0.559 e. The maximum absolute atomic E-state index is 5.44. The summed E-state index contributed by atoms with van der Waals surface area (Å²) in [4.78, 5) is 0. The molecule has 26 heavy (non-hydrogen) atoms. The van der Waals surface area contributed by atoms with Crippen LogP contribution in [0.3, 0.4) is 0 Å². The van der Waals surface area contributed by atoms with Crippen molar-refractivity contribution in [2.45, 2.75) is 33.6 Å². The van der Waals surface area contributed by atoms with Gasteiger partial charge < -0.3 is 11.7 Å². The summed E-state index contributed by atoms with van der Waals surface area (Å²) in [7, 11) is 0. The second-order valence-electron chi connectivity index (χ2n) is 4.38. The molecule has 0 aromatic carbocycles. The number of fused-ring (bicyclic) bond motifs is 1. The minimum atomic E-state index is 0. The second kappa shape index (κ2) is 15.7. The molecule has 0 N–H and O–H groups in total. The Kier molecular flexibility index (Phi) is 16.0. The molecule has 2 aromatic heterocycles. The van der Waals surface area contributed by atoms with Gasteiger partial charge in [0.1, 0.15) is 0 Å². The fourth-order valence-electron chi connectivity index (χ4n) is 1.92. The number of aryl methyl sites for hydroxylation is 1. The van der Waals surface area contributed by atoms with E-state index in [0.29, 0.717) is 29.5 Å². The second-order valence-corrected chi connectivity index (χ2v) is 4.38. The topological polar surface area (TPSA) is 52.3 Å². The van der Waals surface area contributed by atoms with Crippen LogP contribution in [0, 0.1) is 19.9 Å². The number of rotatable bonds is 7. The molecule has 0 aliphatic rings. The smallest absolute Gasteiger partial charge is 0.166 e. The van der Waals surface area contributed by atoms with Crippen LogP contribution in [0.5, 0.6) is 5.75 Å². The van der Waals surface area contributed by atoms with Gasteiger partial charge in [-0.1, -0.05) is 38.7 Å². The predicted octanol–water partition coefficient (Wildman–Crippen LogP) is 4.81. The van der Waals surface area contributed by atoms with Gasteiger partial charge in [0.15, 0.2) is 5.82 Å². The fourth-order valence-corrected chi connectivity index (χ4v) is 1.92. The van der Waals surface area contributed by atoms with Gasteiger partial charge in [0.2, 0.25) is 0 Å². The maximum Gasteiger partial charge on any atom is 0.166 e. The molecule has 0 amide bonds. The van der Waals surface area contributed by atoms with Gasteiger partial charge in [0.25, 0.3) is 0 Å². The number of hydrogen-bond donors (Lipinski definition) is 0. The van der Waals surface area contributed by atoms with Gasteiger partial charge in [-0.25, -0.2) is 10.2 Å². The van der Waals surface area contributed by atoms with Gasteiger partial charge in [0.05, 0.1) is 5.65 Å². The van der Waals surface area contributed by atoms with Gasteiger partial charge in [0, 0.05) is 38.3 Å². The van der Waals surface area contributed by atoms with Gasteiger partial charge in [-0.2, -0.15) is 6.07 Å². The van der Waals surface area contributed by atoms with Crippen LogP contribution >= 0.6 is 0 Å². The van der Waals surface area contributed by atoms with Crippen LogP contribution in [-0.4, -0.2) is 26.4 Å². The van der Waals surface area contributed by atoms with Crippen molar-refractivity contribution in [3.63, 3.8) is 0 Å². The first kappa shape index (κ1) is 26.6. The van der Waals surface area contributed by atoms with Crippen molar-refractivity contribution in [3.8, 4) is 5.75 Å². The molecule has 2 heterocycles. The van der Waals surface area contributed by atoms with Crippen LogP contribution in [0.25, 0.3) is 11.2 Å². The Morgan fingerprint density at radius 2 is 1.88 bits per heavy atom. The SMILES string of the molecule is C=C.C=CCC/C=C(\C=C)c1nnc2c(OC[CH2-])[c-]c(C)nn12.CC.[Y]. The molecule has 5 nitrogen and oxygen atoms in total. The van der Waals surface area contributed by atoms with Crippen molar-refractivity contribution in [1.82, 2.24) is 19.8 Å². The molecule has 139 valence electrons. The summed E-state index contributed by atoms with van der Waals surface area (Å²) >= 11 is 0. The van der Waals surface area contributed by atoms with Gasteiger partial charge in [-0.15, -0.1) is 24.8 Å². The molecule has 0 saturated carbocycles. The molecule has 6 heteroatoms. The van der Waals surface area contributed by atoms with Gasteiger partial charge in [-0.05, 0) is 37.8 Å². The van der Waals surface area contributed by atoms with Crippen molar-refractivity contribution in [3.05, 3.63) is 69.1 Å². The van der Waals surface area contributed by atoms with E-state index in [-0.39, 0.29) is 32.7 Å². The standard InChI is InChI=1S/C16H18N4O.C2H6.C2H4.Y/c1-5-8-9-10-13(6-2)15-17-18-16-14(21-7-3)11-12(4)19-20(15)16;2*1-2;/h5-6,10H,1-3,7-9H2,4H3;1-2H3;1-2H2;/q-2;;;/b13-10+;;;. The van der Waals surface area contributed by atoms with Crippen LogP contribution < -0.4 is 4.74 Å². The van der Waals surface area contributed by atoms with Gasteiger partial charge >= 0.3 is 0 Å². The normalized spacial score (nSPS) is 9.77.